The Kier molecular flexibility index (Phi) is 3.59. The Morgan fingerprint density at radius 3 is 2.69 bits per heavy atom. The molecule has 0 radical (unpaired) electrons. The van der Waals surface area contributed by atoms with E-state index in [2.05, 4.69) is 21.7 Å². The molecule has 1 atom stereocenters. The third-order valence-electron chi connectivity index (χ3n) is 3.51. The molecule has 1 saturated carbocycles. The molecule has 0 saturated heterocycles. The maximum absolute atomic E-state index is 6.16. The summed E-state index contributed by atoms with van der Waals surface area (Å²) in [6.45, 7) is 4.19. The van der Waals surface area contributed by atoms with Gasteiger partial charge in [-0.25, -0.2) is 0 Å². The molecule has 0 aliphatic heterocycles. The number of nitrogens with zero attached hydrogens (tertiary/aromatic N) is 3. The Balaban J connectivity index is 2.24. The van der Waals surface area contributed by atoms with Crippen molar-refractivity contribution < 1.29 is 0 Å². The summed E-state index contributed by atoms with van der Waals surface area (Å²) in [6.07, 6.45) is 7.24. The van der Waals surface area contributed by atoms with Crippen molar-refractivity contribution >= 4 is 0 Å². The van der Waals surface area contributed by atoms with Gasteiger partial charge < -0.3 is 10.3 Å². The van der Waals surface area contributed by atoms with Gasteiger partial charge in [-0.05, 0) is 26.2 Å². The zero-order valence-electron chi connectivity index (χ0n) is 10.3. The highest BCUT2D eigenvalue weighted by atomic mass is 15.3. The van der Waals surface area contributed by atoms with Gasteiger partial charge in [0.25, 0.3) is 0 Å². The molecule has 0 aromatic carbocycles. The molecule has 1 unspecified atom stereocenters. The van der Waals surface area contributed by atoms with Crippen LogP contribution in [0.3, 0.4) is 0 Å². The smallest absolute Gasteiger partial charge is 0.150 e. The number of hydrogen-bond acceptors (Lipinski definition) is 3. The van der Waals surface area contributed by atoms with Crippen LogP contribution in [0.15, 0.2) is 0 Å². The Labute approximate surface area is 97.2 Å². The molecule has 4 nitrogen and oxygen atoms in total. The molecule has 2 rings (SSSR count). The van der Waals surface area contributed by atoms with E-state index in [1.807, 2.05) is 6.92 Å². The third kappa shape index (κ3) is 2.12. The standard InChI is InChI=1S/C12H22N4/c1-3-6-11(13)12-15-14-9(2)16(12)10-7-4-5-8-10/h10-11H,3-8,13H2,1-2H3. The molecule has 0 spiro atoms. The van der Waals surface area contributed by atoms with Crippen LogP contribution in [0.5, 0.6) is 0 Å². The molecule has 16 heavy (non-hydrogen) atoms. The van der Waals surface area contributed by atoms with Crippen molar-refractivity contribution in [3.63, 3.8) is 0 Å². The fourth-order valence-corrected chi connectivity index (χ4v) is 2.69. The highest BCUT2D eigenvalue weighted by Gasteiger charge is 2.24. The van der Waals surface area contributed by atoms with Crippen LogP contribution in [-0.2, 0) is 0 Å². The third-order valence-corrected chi connectivity index (χ3v) is 3.51. The second kappa shape index (κ2) is 4.95. The predicted molar refractivity (Wildman–Crippen MR) is 64.1 cm³/mol. The zero-order chi connectivity index (χ0) is 11.5. The quantitative estimate of drug-likeness (QED) is 0.851. The lowest BCUT2D eigenvalue weighted by Crippen LogP contribution is -2.19. The van der Waals surface area contributed by atoms with E-state index in [-0.39, 0.29) is 6.04 Å². The average Bonchev–Trinajstić information content (AvgIpc) is 2.86. The normalized spacial score (nSPS) is 19.2. The van der Waals surface area contributed by atoms with Gasteiger partial charge in [0.05, 0.1) is 6.04 Å². The molecule has 0 amide bonds. The van der Waals surface area contributed by atoms with Crippen molar-refractivity contribution in [2.75, 3.05) is 0 Å². The van der Waals surface area contributed by atoms with Gasteiger partial charge in [0.1, 0.15) is 11.6 Å². The number of nitrogens with two attached hydrogens (primary N) is 1. The molecule has 4 heteroatoms. The lowest BCUT2D eigenvalue weighted by atomic mass is 10.1. The van der Waals surface area contributed by atoms with Crippen molar-refractivity contribution in [3.05, 3.63) is 11.6 Å². The van der Waals surface area contributed by atoms with Gasteiger partial charge in [-0.3, -0.25) is 0 Å². The molecule has 1 fully saturated rings. The van der Waals surface area contributed by atoms with E-state index >= 15 is 0 Å². The van der Waals surface area contributed by atoms with Crippen LogP contribution in [0.4, 0.5) is 0 Å². The summed E-state index contributed by atoms with van der Waals surface area (Å²) in [4.78, 5) is 0. The summed E-state index contributed by atoms with van der Waals surface area (Å²) >= 11 is 0. The minimum atomic E-state index is 0.0480. The van der Waals surface area contributed by atoms with Crippen molar-refractivity contribution in [1.82, 2.24) is 14.8 Å². The zero-order valence-corrected chi connectivity index (χ0v) is 10.3. The summed E-state index contributed by atoms with van der Waals surface area (Å²) in [7, 11) is 0. The van der Waals surface area contributed by atoms with Crippen LogP contribution in [0, 0.1) is 6.92 Å². The monoisotopic (exact) mass is 222 g/mol. The second-order valence-electron chi connectivity index (χ2n) is 4.81. The van der Waals surface area contributed by atoms with E-state index in [0.717, 1.165) is 24.5 Å². The molecular formula is C12H22N4. The van der Waals surface area contributed by atoms with Crippen LogP contribution in [-0.4, -0.2) is 14.8 Å². The molecule has 2 N–H and O–H groups in total. The number of aryl methyl sites for hydroxylation is 1. The molecule has 1 aliphatic rings. The van der Waals surface area contributed by atoms with Gasteiger partial charge in [-0.1, -0.05) is 26.2 Å². The molecule has 1 heterocycles. The summed E-state index contributed by atoms with van der Waals surface area (Å²) < 4.78 is 2.29. The van der Waals surface area contributed by atoms with E-state index in [1.54, 1.807) is 0 Å². The lowest BCUT2D eigenvalue weighted by molar-refractivity contribution is 0.458. The van der Waals surface area contributed by atoms with Gasteiger partial charge in [0, 0.05) is 6.04 Å². The van der Waals surface area contributed by atoms with Crippen LogP contribution in [0.1, 0.15) is 69.2 Å². The lowest BCUT2D eigenvalue weighted by Gasteiger charge is -2.18. The second-order valence-corrected chi connectivity index (χ2v) is 4.81. The number of hydrogen-bond donors (Lipinski definition) is 1. The molecule has 1 aromatic rings. The van der Waals surface area contributed by atoms with E-state index in [9.17, 15) is 0 Å². The Morgan fingerprint density at radius 2 is 2.06 bits per heavy atom. The van der Waals surface area contributed by atoms with Gasteiger partial charge >= 0.3 is 0 Å². The minimum Gasteiger partial charge on any atom is -0.321 e. The highest BCUT2D eigenvalue weighted by Crippen LogP contribution is 2.32. The first-order chi connectivity index (χ1) is 7.74. The Morgan fingerprint density at radius 1 is 1.38 bits per heavy atom. The summed E-state index contributed by atoms with van der Waals surface area (Å²) in [5.41, 5.74) is 6.16. The fraction of sp³-hybridized carbons (Fsp3) is 0.833. The van der Waals surface area contributed by atoms with Crippen LogP contribution in [0.25, 0.3) is 0 Å². The van der Waals surface area contributed by atoms with E-state index in [0.29, 0.717) is 6.04 Å². The molecular weight excluding hydrogens is 200 g/mol. The number of rotatable bonds is 4. The first kappa shape index (κ1) is 11.6. The molecule has 90 valence electrons. The summed E-state index contributed by atoms with van der Waals surface area (Å²) in [6, 6.07) is 0.639. The van der Waals surface area contributed by atoms with Crippen molar-refractivity contribution in [2.24, 2.45) is 5.73 Å². The van der Waals surface area contributed by atoms with Crippen LogP contribution >= 0.6 is 0 Å². The SMILES string of the molecule is CCCC(N)c1nnc(C)n1C1CCCC1. The van der Waals surface area contributed by atoms with Gasteiger partial charge in [0.2, 0.25) is 0 Å². The largest absolute Gasteiger partial charge is 0.321 e. The first-order valence-corrected chi connectivity index (χ1v) is 6.41. The average molecular weight is 222 g/mol. The first-order valence-electron chi connectivity index (χ1n) is 6.41. The van der Waals surface area contributed by atoms with Crippen molar-refractivity contribution in [3.8, 4) is 0 Å². The topological polar surface area (TPSA) is 56.7 Å². The van der Waals surface area contributed by atoms with Crippen LogP contribution in [0.2, 0.25) is 0 Å². The maximum Gasteiger partial charge on any atom is 0.150 e. The van der Waals surface area contributed by atoms with Gasteiger partial charge in [-0.2, -0.15) is 0 Å². The molecule has 1 aliphatic carbocycles. The summed E-state index contributed by atoms with van der Waals surface area (Å²) in [5, 5.41) is 8.46. The Hall–Kier alpha value is -0.900. The van der Waals surface area contributed by atoms with Gasteiger partial charge in [0.15, 0.2) is 0 Å². The molecule has 1 aromatic heterocycles. The maximum atomic E-state index is 6.16. The van der Waals surface area contributed by atoms with Crippen molar-refractivity contribution in [2.45, 2.75) is 64.5 Å². The van der Waals surface area contributed by atoms with E-state index in [1.165, 1.54) is 25.7 Å². The van der Waals surface area contributed by atoms with E-state index < -0.39 is 0 Å². The van der Waals surface area contributed by atoms with E-state index in [4.69, 9.17) is 5.73 Å². The Bertz CT molecular complexity index is 339. The highest BCUT2D eigenvalue weighted by molar-refractivity contribution is 5.02. The predicted octanol–water partition coefficient (Wildman–Crippen LogP) is 2.50. The fourth-order valence-electron chi connectivity index (χ4n) is 2.69. The van der Waals surface area contributed by atoms with Crippen LogP contribution < -0.4 is 5.73 Å². The molecule has 0 bridgehead atoms. The minimum absolute atomic E-state index is 0.0480. The van der Waals surface area contributed by atoms with Gasteiger partial charge in [-0.15, -0.1) is 10.2 Å². The van der Waals surface area contributed by atoms with Crippen molar-refractivity contribution in [1.29, 1.82) is 0 Å². The number of aromatic nitrogens is 3. The summed E-state index contributed by atoms with van der Waals surface area (Å²) in [5.74, 6) is 2.01.